The molecule has 3 aromatic rings. The number of nitrogens with one attached hydrogen (secondary N) is 1. The van der Waals surface area contributed by atoms with Gasteiger partial charge in [-0.05, 0) is 80.3 Å². The van der Waals surface area contributed by atoms with Crippen LogP contribution in [0, 0.1) is 37.8 Å². The topological polar surface area (TPSA) is 114 Å². The van der Waals surface area contributed by atoms with Gasteiger partial charge in [0.25, 0.3) is 15.7 Å². The third kappa shape index (κ3) is 4.95. The lowest BCUT2D eigenvalue weighted by Crippen LogP contribution is -2.15. The largest absolute Gasteiger partial charge is 0.289 e. The highest BCUT2D eigenvalue weighted by Crippen LogP contribution is 2.33. The first-order valence-electron chi connectivity index (χ1n) is 9.45. The molecule has 0 aliphatic rings. The Hall–Kier alpha value is -3.59. The second kappa shape index (κ2) is 8.65. The molecule has 0 atom stereocenters. The third-order valence-corrected chi connectivity index (χ3v) is 6.38. The minimum absolute atomic E-state index is 0.189. The van der Waals surface area contributed by atoms with Crippen molar-refractivity contribution in [2.45, 2.75) is 32.6 Å². The zero-order valence-electron chi connectivity index (χ0n) is 17.6. The van der Waals surface area contributed by atoms with Crippen LogP contribution in [0.2, 0.25) is 0 Å². The fraction of sp³-hybridized carbons (Fsp3) is 0.182. The van der Waals surface area contributed by atoms with Crippen molar-refractivity contribution >= 4 is 32.8 Å². The predicted octanol–water partition coefficient (Wildman–Crippen LogP) is 6.04. The van der Waals surface area contributed by atoms with Crippen LogP contribution < -0.4 is 4.72 Å². The Kier molecular flexibility index (Phi) is 6.16. The lowest BCUT2D eigenvalue weighted by Gasteiger charge is -2.12. The van der Waals surface area contributed by atoms with E-state index in [0.29, 0.717) is 11.4 Å². The molecule has 8 nitrogen and oxygen atoms in total. The van der Waals surface area contributed by atoms with Crippen LogP contribution in [0.1, 0.15) is 22.3 Å². The zero-order valence-corrected chi connectivity index (χ0v) is 18.4. The molecule has 0 spiro atoms. The number of nitrogens with zero attached hydrogens (tertiary/aromatic N) is 3. The van der Waals surface area contributed by atoms with Gasteiger partial charge in [0.2, 0.25) is 0 Å². The van der Waals surface area contributed by atoms with Gasteiger partial charge in [0, 0.05) is 6.07 Å². The van der Waals surface area contributed by atoms with E-state index >= 15 is 0 Å². The molecule has 0 saturated heterocycles. The van der Waals surface area contributed by atoms with Crippen LogP contribution in [0.15, 0.2) is 69.7 Å². The molecule has 3 rings (SSSR count). The number of hydrogen-bond donors (Lipinski definition) is 1. The van der Waals surface area contributed by atoms with Crippen molar-refractivity contribution in [1.82, 2.24) is 0 Å². The highest BCUT2D eigenvalue weighted by atomic mass is 32.2. The molecule has 0 unspecified atom stereocenters. The van der Waals surface area contributed by atoms with Crippen LogP contribution in [0.25, 0.3) is 0 Å². The number of nitro groups is 1. The summed E-state index contributed by atoms with van der Waals surface area (Å²) < 4.78 is 28.3. The van der Waals surface area contributed by atoms with E-state index in [1.165, 1.54) is 18.2 Å². The third-order valence-electron chi connectivity index (χ3n) is 4.97. The van der Waals surface area contributed by atoms with Crippen LogP contribution in [0.5, 0.6) is 0 Å². The van der Waals surface area contributed by atoms with Gasteiger partial charge in [-0.3, -0.25) is 14.8 Å². The SMILES string of the molecule is Cc1ccc(N=Nc2cc(C)c(C)cc2NS(=O)(=O)c2ccccc2[N+](=O)[O-])cc1C. The van der Waals surface area contributed by atoms with E-state index in [1.54, 1.807) is 12.1 Å². The summed E-state index contributed by atoms with van der Waals surface area (Å²) in [6.45, 7) is 7.68. The number of rotatable bonds is 6. The summed E-state index contributed by atoms with van der Waals surface area (Å²) in [5.74, 6) is 0. The molecule has 0 amide bonds. The summed E-state index contributed by atoms with van der Waals surface area (Å²) in [6.07, 6.45) is 0. The predicted molar refractivity (Wildman–Crippen MR) is 120 cm³/mol. The highest BCUT2D eigenvalue weighted by molar-refractivity contribution is 7.92. The van der Waals surface area contributed by atoms with Gasteiger partial charge in [-0.1, -0.05) is 18.2 Å². The summed E-state index contributed by atoms with van der Waals surface area (Å²) in [7, 11) is -4.23. The van der Waals surface area contributed by atoms with Crippen molar-refractivity contribution in [3.8, 4) is 0 Å². The van der Waals surface area contributed by atoms with Gasteiger partial charge in [0.1, 0.15) is 5.69 Å². The minimum Gasteiger partial charge on any atom is -0.277 e. The Morgan fingerprint density at radius 3 is 2.16 bits per heavy atom. The normalized spacial score (nSPS) is 11.6. The Bertz CT molecular complexity index is 1300. The molecule has 0 saturated carbocycles. The first-order valence-corrected chi connectivity index (χ1v) is 10.9. The number of azo groups is 1. The van der Waals surface area contributed by atoms with Gasteiger partial charge in [-0.25, -0.2) is 8.42 Å². The van der Waals surface area contributed by atoms with E-state index in [4.69, 9.17) is 0 Å². The van der Waals surface area contributed by atoms with E-state index in [2.05, 4.69) is 15.0 Å². The Labute approximate surface area is 180 Å². The monoisotopic (exact) mass is 438 g/mol. The van der Waals surface area contributed by atoms with Crippen molar-refractivity contribution in [2.75, 3.05) is 4.72 Å². The van der Waals surface area contributed by atoms with E-state index in [0.717, 1.165) is 28.3 Å². The number of hydrogen-bond acceptors (Lipinski definition) is 6. The average molecular weight is 439 g/mol. The second-order valence-electron chi connectivity index (χ2n) is 7.25. The molecule has 3 aromatic carbocycles. The van der Waals surface area contributed by atoms with Gasteiger partial charge in [-0.2, -0.15) is 5.11 Å². The number of benzene rings is 3. The van der Waals surface area contributed by atoms with Gasteiger partial charge in [0.15, 0.2) is 4.90 Å². The van der Waals surface area contributed by atoms with E-state index in [1.807, 2.05) is 45.9 Å². The van der Waals surface area contributed by atoms with Crippen molar-refractivity contribution in [3.63, 3.8) is 0 Å². The Morgan fingerprint density at radius 2 is 1.48 bits per heavy atom. The second-order valence-corrected chi connectivity index (χ2v) is 8.90. The molecule has 0 heterocycles. The summed E-state index contributed by atoms with van der Waals surface area (Å²) in [6, 6.07) is 14.2. The van der Waals surface area contributed by atoms with Crippen molar-refractivity contribution in [3.05, 3.63) is 87.0 Å². The van der Waals surface area contributed by atoms with E-state index in [9.17, 15) is 18.5 Å². The molecule has 31 heavy (non-hydrogen) atoms. The Balaban J connectivity index is 2.03. The van der Waals surface area contributed by atoms with Gasteiger partial charge < -0.3 is 0 Å². The molecule has 0 aliphatic heterocycles. The van der Waals surface area contributed by atoms with Crippen LogP contribution in [0.3, 0.4) is 0 Å². The molecule has 9 heteroatoms. The number of sulfonamides is 1. The molecule has 1 N–H and O–H groups in total. The molecule has 0 aliphatic carbocycles. The van der Waals surface area contributed by atoms with E-state index < -0.39 is 25.5 Å². The standard InChI is InChI=1S/C22H22N4O4S/c1-14-9-10-18(11-15(14)2)23-24-19-12-16(3)17(4)13-20(19)25-31(29,30)22-8-6-5-7-21(22)26(27)28/h5-13,25H,1-4H3. The fourth-order valence-electron chi connectivity index (χ4n) is 2.90. The molecule has 0 radical (unpaired) electrons. The first-order chi connectivity index (χ1) is 14.6. The summed E-state index contributed by atoms with van der Waals surface area (Å²) >= 11 is 0. The van der Waals surface area contributed by atoms with Crippen LogP contribution in [-0.4, -0.2) is 13.3 Å². The van der Waals surface area contributed by atoms with Crippen molar-refractivity contribution in [2.24, 2.45) is 10.2 Å². The molecule has 160 valence electrons. The summed E-state index contributed by atoms with van der Waals surface area (Å²) in [5.41, 5.74) is 4.56. The molecule has 0 aromatic heterocycles. The maximum absolute atomic E-state index is 12.9. The zero-order chi connectivity index (χ0) is 22.8. The smallest absolute Gasteiger partial charge is 0.277 e. The van der Waals surface area contributed by atoms with Crippen LogP contribution in [0.4, 0.5) is 22.7 Å². The maximum atomic E-state index is 12.9. The van der Waals surface area contributed by atoms with Gasteiger partial charge in [0.05, 0.1) is 16.3 Å². The van der Waals surface area contributed by atoms with E-state index in [-0.39, 0.29) is 5.69 Å². The quantitative estimate of drug-likeness (QED) is 0.287. The van der Waals surface area contributed by atoms with Gasteiger partial charge >= 0.3 is 0 Å². The summed E-state index contributed by atoms with van der Waals surface area (Å²) in [5, 5.41) is 19.8. The molecule has 0 fully saturated rings. The number of aryl methyl sites for hydroxylation is 4. The first kappa shape index (κ1) is 22.1. The van der Waals surface area contributed by atoms with Crippen LogP contribution in [-0.2, 0) is 10.0 Å². The number of para-hydroxylation sites is 1. The molecule has 0 bridgehead atoms. The molecular formula is C22H22N4O4S. The lowest BCUT2D eigenvalue weighted by molar-refractivity contribution is -0.387. The minimum atomic E-state index is -4.23. The van der Waals surface area contributed by atoms with Crippen LogP contribution >= 0.6 is 0 Å². The average Bonchev–Trinajstić information content (AvgIpc) is 2.71. The van der Waals surface area contributed by atoms with Crippen molar-refractivity contribution < 1.29 is 13.3 Å². The summed E-state index contributed by atoms with van der Waals surface area (Å²) in [4.78, 5) is 10.1. The fourth-order valence-corrected chi connectivity index (χ4v) is 4.14. The number of anilines is 1. The highest BCUT2D eigenvalue weighted by Gasteiger charge is 2.26. The van der Waals surface area contributed by atoms with Crippen molar-refractivity contribution in [1.29, 1.82) is 0 Å². The number of nitro benzene ring substituents is 1. The Morgan fingerprint density at radius 1 is 0.839 bits per heavy atom. The molecular weight excluding hydrogens is 416 g/mol. The maximum Gasteiger partial charge on any atom is 0.289 e. The van der Waals surface area contributed by atoms with Gasteiger partial charge in [-0.15, -0.1) is 5.11 Å². The lowest BCUT2D eigenvalue weighted by atomic mass is 10.1.